The Balaban J connectivity index is 1.29. The van der Waals surface area contributed by atoms with Crippen LogP contribution in [0.4, 0.5) is 0 Å². The minimum Gasteiger partial charge on any atom is -0.393 e. The maximum atomic E-state index is 14.3. The highest BCUT2D eigenvalue weighted by molar-refractivity contribution is 5.82. The van der Waals surface area contributed by atoms with Gasteiger partial charge in [-0.05, 0) is 128 Å². The maximum absolute atomic E-state index is 14.3. The van der Waals surface area contributed by atoms with E-state index in [1.807, 2.05) is 12.2 Å². The molecule has 5 N–H and O–H groups in total. The quantitative estimate of drug-likeness (QED) is 0.206. The SMILES string of the molecule is COC1C(CN2O[C@@H](CN)[C@H]([C@H](C)O)[C@H]2C(=O)N[C@H]2C[C@H]3C[C@@H]([C@@H]2C)C3(C)C)CCCC1C1CC(CNCCN(C)C)CC(N(C)C)C1. The summed E-state index contributed by atoms with van der Waals surface area (Å²) in [5.74, 6) is 3.33. The molecule has 1 saturated heterocycles. The molecule has 10 nitrogen and oxygen atoms in total. The van der Waals surface area contributed by atoms with E-state index in [4.69, 9.17) is 15.3 Å². The first kappa shape index (κ1) is 38.4. The molecule has 5 saturated carbocycles. The molecule has 6 rings (SSSR count). The molecule has 6 fully saturated rings. The van der Waals surface area contributed by atoms with Gasteiger partial charge < -0.3 is 36.0 Å². The molecule has 1 heterocycles. The minimum atomic E-state index is -0.707. The van der Waals surface area contributed by atoms with Gasteiger partial charge in [-0.2, -0.15) is 5.06 Å². The molecular weight excluding hydrogens is 604 g/mol. The summed E-state index contributed by atoms with van der Waals surface area (Å²) in [6.45, 7) is 12.9. The van der Waals surface area contributed by atoms with E-state index in [1.54, 1.807) is 6.92 Å². The maximum Gasteiger partial charge on any atom is 0.240 e. The van der Waals surface area contributed by atoms with Crippen molar-refractivity contribution in [2.24, 2.45) is 58.5 Å². The fraction of sp³-hybridized carbons (Fsp3) is 0.974. The third-order valence-corrected chi connectivity index (χ3v) is 14.1. The molecule has 278 valence electrons. The van der Waals surface area contributed by atoms with E-state index in [0.29, 0.717) is 53.5 Å². The number of hydrogen-bond donors (Lipinski definition) is 4. The predicted molar refractivity (Wildman–Crippen MR) is 192 cm³/mol. The summed E-state index contributed by atoms with van der Waals surface area (Å²) in [6, 6.07) is 0.170. The summed E-state index contributed by atoms with van der Waals surface area (Å²) in [5.41, 5.74) is 6.59. The van der Waals surface area contributed by atoms with Crippen molar-refractivity contribution in [3.63, 3.8) is 0 Å². The zero-order valence-electron chi connectivity index (χ0n) is 31.9. The Bertz CT molecular complexity index is 1040. The number of ether oxygens (including phenoxy) is 1. The molecule has 6 unspecified atom stereocenters. The number of amides is 1. The fourth-order valence-electron chi connectivity index (χ4n) is 11.1. The van der Waals surface area contributed by atoms with Crippen LogP contribution in [0, 0.1) is 52.8 Å². The summed E-state index contributed by atoms with van der Waals surface area (Å²) < 4.78 is 6.44. The fourth-order valence-corrected chi connectivity index (χ4v) is 11.1. The van der Waals surface area contributed by atoms with E-state index >= 15 is 0 Å². The zero-order chi connectivity index (χ0) is 34.9. The number of carbonyl (C=O) groups is 1. The Hall–Kier alpha value is -0.850. The first-order chi connectivity index (χ1) is 22.8. The molecule has 6 aliphatic rings. The van der Waals surface area contributed by atoms with Crippen molar-refractivity contribution in [1.82, 2.24) is 25.5 Å². The smallest absolute Gasteiger partial charge is 0.240 e. The lowest BCUT2D eigenvalue weighted by atomic mass is 9.45. The Morgan fingerprint density at radius 3 is 2.48 bits per heavy atom. The number of aliphatic hydroxyl groups excluding tert-OH is 1. The van der Waals surface area contributed by atoms with Crippen molar-refractivity contribution in [2.75, 3.05) is 68.0 Å². The molecule has 0 spiro atoms. The number of hydrogen-bond acceptors (Lipinski definition) is 9. The predicted octanol–water partition coefficient (Wildman–Crippen LogP) is 3.04. The van der Waals surface area contributed by atoms with Gasteiger partial charge in [0, 0.05) is 57.2 Å². The van der Waals surface area contributed by atoms with Crippen LogP contribution in [0.5, 0.6) is 0 Å². The van der Waals surface area contributed by atoms with Crippen LogP contribution in [0.2, 0.25) is 0 Å². The number of fused-ring (bicyclic) bond motifs is 2. The number of carbonyl (C=O) groups excluding carboxylic acids is 1. The second-order valence-corrected chi connectivity index (χ2v) is 17.8. The van der Waals surface area contributed by atoms with Crippen molar-refractivity contribution in [1.29, 1.82) is 0 Å². The molecule has 10 heteroatoms. The number of nitrogens with zero attached hydrogens (tertiary/aromatic N) is 3. The van der Waals surface area contributed by atoms with Crippen molar-refractivity contribution in [2.45, 2.75) is 115 Å². The lowest BCUT2D eigenvalue weighted by molar-refractivity contribution is -0.186. The summed E-state index contributed by atoms with van der Waals surface area (Å²) in [5, 5.41) is 20.2. The van der Waals surface area contributed by atoms with Gasteiger partial charge in [-0.1, -0.05) is 27.2 Å². The highest BCUT2D eigenvalue weighted by Crippen LogP contribution is 2.61. The van der Waals surface area contributed by atoms with Gasteiger partial charge in [-0.3, -0.25) is 9.63 Å². The summed E-state index contributed by atoms with van der Waals surface area (Å²) in [7, 11) is 10.6. The average Bonchev–Trinajstić information content (AvgIpc) is 3.42. The first-order valence-electron chi connectivity index (χ1n) is 19.4. The van der Waals surface area contributed by atoms with Crippen LogP contribution < -0.4 is 16.4 Å². The van der Waals surface area contributed by atoms with E-state index in [9.17, 15) is 9.90 Å². The van der Waals surface area contributed by atoms with Gasteiger partial charge in [0.25, 0.3) is 0 Å². The van der Waals surface area contributed by atoms with E-state index in [-0.39, 0.29) is 36.4 Å². The number of hydroxylamine groups is 2. The van der Waals surface area contributed by atoms with Gasteiger partial charge in [0.15, 0.2) is 0 Å². The van der Waals surface area contributed by atoms with Crippen LogP contribution in [0.1, 0.15) is 79.1 Å². The Morgan fingerprint density at radius 2 is 1.88 bits per heavy atom. The van der Waals surface area contributed by atoms with Crippen molar-refractivity contribution < 1.29 is 19.5 Å². The number of nitrogens with one attached hydrogen (secondary N) is 2. The molecule has 0 aromatic rings. The van der Waals surface area contributed by atoms with E-state index < -0.39 is 18.2 Å². The third kappa shape index (κ3) is 8.11. The van der Waals surface area contributed by atoms with E-state index in [1.165, 1.54) is 32.1 Å². The molecular formula is C38H72N6O4. The van der Waals surface area contributed by atoms with Crippen molar-refractivity contribution in [3.05, 3.63) is 0 Å². The van der Waals surface area contributed by atoms with Gasteiger partial charge in [-0.15, -0.1) is 0 Å². The van der Waals surface area contributed by atoms with Gasteiger partial charge >= 0.3 is 0 Å². The van der Waals surface area contributed by atoms with E-state index in [0.717, 1.165) is 38.9 Å². The number of methoxy groups -OCH3 is 1. The number of aliphatic hydroxyl groups is 1. The Morgan fingerprint density at radius 1 is 1.12 bits per heavy atom. The molecule has 5 aliphatic carbocycles. The number of rotatable bonds is 14. The van der Waals surface area contributed by atoms with Crippen molar-refractivity contribution >= 4 is 5.91 Å². The number of likely N-dealkylation sites (N-methyl/N-ethyl adjacent to an activating group) is 1. The standard InChI is InChI=1S/C38H72N6O4/c1-23-31-18-28(38(31,3)4)19-32(23)41-37(46)35-34(24(2)45)33(20-39)48-44(35)22-26-11-10-12-30(36(26)47-9)27-15-25(16-29(17-27)43(7)8)21-40-13-14-42(5)6/h23-36,40,45H,10-22,39H2,1-9H3,(H,41,46)/t23-,24-,25?,26?,27?,28+,29?,30?,31-,32-,33-,34-,35-,36?/m0/s1. The van der Waals surface area contributed by atoms with Crippen LogP contribution in [-0.4, -0.2) is 130 Å². The molecule has 1 aliphatic heterocycles. The first-order valence-corrected chi connectivity index (χ1v) is 19.4. The van der Waals surface area contributed by atoms with Crippen LogP contribution in [0.15, 0.2) is 0 Å². The molecule has 2 bridgehead atoms. The molecule has 1 amide bonds. The van der Waals surface area contributed by atoms with Crippen LogP contribution in [0.25, 0.3) is 0 Å². The Labute approximate surface area is 292 Å². The highest BCUT2D eigenvalue weighted by atomic mass is 16.7. The summed E-state index contributed by atoms with van der Waals surface area (Å²) in [6.07, 6.45) is 8.39. The molecule has 48 heavy (non-hydrogen) atoms. The molecule has 0 aromatic carbocycles. The topological polar surface area (TPSA) is 116 Å². The van der Waals surface area contributed by atoms with Gasteiger partial charge in [0.2, 0.25) is 5.91 Å². The lowest BCUT2D eigenvalue weighted by Crippen LogP contribution is -2.62. The van der Waals surface area contributed by atoms with E-state index in [2.05, 4.69) is 69.4 Å². The average molecular weight is 677 g/mol. The normalized spacial score (nSPS) is 42.1. The zero-order valence-corrected chi connectivity index (χ0v) is 31.9. The van der Waals surface area contributed by atoms with Crippen LogP contribution in [0.3, 0.4) is 0 Å². The van der Waals surface area contributed by atoms with Crippen molar-refractivity contribution in [3.8, 4) is 0 Å². The third-order valence-electron chi connectivity index (χ3n) is 14.1. The van der Waals surface area contributed by atoms with Gasteiger partial charge in [-0.25, -0.2) is 0 Å². The summed E-state index contributed by atoms with van der Waals surface area (Å²) >= 11 is 0. The largest absolute Gasteiger partial charge is 0.393 e. The number of nitrogens with two attached hydrogens (primary N) is 1. The minimum absolute atomic E-state index is 0.0140. The lowest BCUT2D eigenvalue weighted by Gasteiger charge is -2.62. The van der Waals surface area contributed by atoms with Crippen LogP contribution >= 0.6 is 0 Å². The molecule has 0 radical (unpaired) electrons. The second kappa shape index (κ2) is 16.2. The molecule has 0 aromatic heterocycles. The molecule has 14 atom stereocenters. The monoisotopic (exact) mass is 677 g/mol. The Kier molecular flexibility index (Phi) is 13.0. The van der Waals surface area contributed by atoms with Crippen LogP contribution in [-0.2, 0) is 14.4 Å². The summed E-state index contributed by atoms with van der Waals surface area (Å²) in [4.78, 5) is 25.5. The second-order valence-electron chi connectivity index (χ2n) is 17.8. The van der Waals surface area contributed by atoms with Gasteiger partial charge in [0.1, 0.15) is 6.04 Å². The highest BCUT2D eigenvalue weighted by Gasteiger charge is 2.57. The van der Waals surface area contributed by atoms with Gasteiger partial charge in [0.05, 0.1) is 18.3 Å².